The SMILES string of the molecule is O=C1NC2(CCc3ccccc32)C(=O)N1Cc1ccncc1Cl. The molecule has 116 valence electrons. The summed E-state index contributed by atoms with van der Waals surface area (Å²) < 4.78 is 0. The Morgan fingerprint density at radius 3 is 2.91 bits per heavy atom. The molecule has 1 unspecified atom stereocenters. The highest BCUT2D eigenvalue weighted by atomic mass is 35.5. The molecule has 0 radical (unpaired) electrons. The normalized spacial score (nSPS) is 22.6. The Morgan fingerprint density at radius 2 is 2.09 bits per heavy atom. The standard InChI is InChI=1S/C17H14ClN3O2/c18-14-9-19-8-6-12(14)10-21-15(22)17(20-16(21)23)7-5-11-3-1-2-4-13(11)17/h1-4,6,8-9H,5,7,10H2,(H,20,23). The van der Waals surface area contributed by atoms with Crippen molar-refractivity contribution >= 4 is 23.5 Å². The molecule has 2 aromatic rings. The van der Waals surface area contributed by atoms with Crippen molar-refractivity contribution in [2.75, 3.05) is 0 Å². The van der Waals surface area contributed by atoms with Gasteiger partial charge in [0.15, 0.2) is 0 Å². The van der Waals surface area contributed by atoms with Gasteiger partial charge in [-0.3, -0.25) is 14.7 Å². The van der Waals surface area contributed by atoms with Crippen molar-refractivity contribution in [1.29, 1.82) is 0 Å². The van der Waals surface area contributed by atoms with Crippen LogP contribution < -0.4 is 5.32 Å². The third kappa shape index (κ3) is 2.04. The molecule has 1 fully saturated rings. The monoisotopic (exact) mass is 327 g/mol. The number of benzene rings is 1. The van der Waals surface area contributed by atoms with Crippen LogP contribution in [-0.2, 0) is 23.3 Å². The van der Waals surface area contributed by atoms with E-state index in [1.807, 2.05) is 24.3 Å². The fourth-order valence-electron chi connectivity index (χ4n) is 3.44. The Bertz CT molecular complexity index is 823. The molecule has 1 spiro atoms. The van der Waals surface area contributed by atoms with Gasteiger partial charge in [0.25, 0.3) is 5.91 Å². The summed E-state index contributed by atoms with van der Waals surface area (Å²) >= 11 is 6.10. The van der Waals surface area contributed by atoms with E-state index in [2.05, 4.69) is 10.3 Å². The Hall–Kier alpha value is -2.40. The van der Waals surface area contributed by atoms with E-state index in [9.17, 15) is 9.59 Å². The number of fused-ring (bicyclic) bond motifs is 2. The molecule has 1 aliphatic carbocycles. The first-order valence-corrected chi connectivity index (χ1v) is 7.80. The lowest BCUT2D eigenvalue weighted by Crippen LogP contribution is -2.41. The second-order valence-electron chi connectivity index (χ2n) is 5.85. The molecule has 2 heterocycles. The number of aryl methyl sites for hydroxylation is 1. The van der Waals surface area contributed by atoms with Crippen molar-refractivity contribution in [3.8, 4) is 0 Å². The largest absolute Gasteiger partial charge is 0.325 e. The van der Waals surface area contributed by atoms with Crippen LogP contribution in [0, 0.1) is 0 Å². The van der Waals surface area contributed by atoms with Gasteiger partial charge in [-0.2, -0.15) is 0 Å². The van der Waals surface area contributed by atoms with Crippen molar-refractivity contribution in [3.63, 3.8) is 0 Å². The third-order valence-corrected chi connectivity index (χ3v) is 4.95. The molecule has 0 saturated carbocycles. The van der Waals surface area contributed by atoms with Crippen molar-refractivity contribution in [2.24, 2.45) is 0 Å². The van der Waals surface area contributed by atoms with Crippen LogP contribution in [0.1, 0.15) is 23.1 Å². The van der Waals surface area contributed by atoms with E-state index in [1.54, 1.807) is 12.3 Å². The van der Waals surface area contributed by atoms with Gasteiger partial charge in [0.2, 0.25) is 0 Å². The fraction of sp³-hybridized carbons (Fsp3) is 0.235. The molecular weight excluding hydrogens is 314 g/mol. The molecule has 23 heavy (non-hydrogen) atoms. The molecular formula is C17H14ClN3O2. The van der Waals surface area contributed by atoms with Gasteiger partial charge >= 0.3 is 6.03 Å². The number of rotatable bonds is 2. The molecule has 1 saturated heterocycles. The Kier molecular flexibility index (Phi) is 3.13. The molecule has 1 N–H and O–H groups in total. The fourth-order valence-corrected chi connectivity index (χ4v) is 3.61. The second kappa shape index (κ2) is 5.06. The summed E-state index contributed by atoms with van der Waals surface area (Å²) in [6, 6.07) is 9.12. The molecule has 1 aromatic heterocycles. The number of hydrogen-bond donors (Lipinski definition) is 1. The number of urea groups is 1. The minimum atomic E-state index is -0.923. The zero-order valence-electron chi connectivity index (χ0n) is 12.3. The summed E-state index contributed by atoms with van der Waals surface area (Å²) in [5, 5.41) is 3.35. The molecule has 5 nitrogen and oxygen atoms in total. The number of amides is 3. The number of halogens is 1. The van der Waals surface area contributed by atoms with Gasteiger partial charge in [0, 0.05) is 12.4 Å². The smallest absolute Gasteiger partial charge is 0.319 e. The summed E-state index contributed by atoms with van der Waals surface area (Å²) in [5.41, 5.74) is 1.80. The van der Waals surface area contributed by atoms with Gasteiger partial charge in [-0.1, -0.05) is 35.9 Å². The highest BCUT2D eigenvalue weighted by Crippen LogP contribution is 2.41. The average molecular weight is 328 g/mol. The number of carbonyl (C=O) groups excluding carboxylic acids is 2. The number of hydrogen-bond acceptors (Lipinski definition) is 3. The highest BCUT2D eigenvalue weighted by molar-refractivity contribution is 6.31. The van der Waals surface area contributed by atoms with Crippen LogP contribution in [0.5, 0.6) is 0 Å². The summed E-state index contributed by atoms with van der Waals surface area (Å²) in [6.45, 7) is 0.149. The lowest BCUT2D eigenvalue weighted by atomic mass is 9.92. The number of nitrogens with one attached hydrogen (secondary N) is 1. The first kappa shape index (κ1) is 14.2. The molecule has 4 rings (SSSR count). The molecule has 3 amide bonds. The number of pyridine rings is 1. The predicted molar refractivity (Wildman–Crippen MR) is 84.8 cm³/mol. The second-order valence-corrected chi connectivity index (χ2v) is 6.26. The Morgan fingerprint density at radius 1 is 1.26 bits per heavy atom. The van der Waals surface area contributed by atoms with E-state index in [1.165, 1.54) is 11.1 Å². The van der Waals surface area contributed by atoms with Crippen molar-refractivity contribution in [1.82, 2.24) is 15.2 Å². The van der Waals surface area contributed by atoms with E-state index < -0.39 is 5.54 Å². The van der Waals surface area contributed by atoms with E-state index in [-0.39, 0.29) is 18.5 Å². The molecule has 0 bridgehead atoms. The van der Waals surface area contributed by atoms with E-state index in [4.69, 9.17) is 11.6 Å². The highest BCUT2D eigenvalue weighted by Gasteiger charge is 2.55. The Balaban J connectivity index is 1.69. The van der Waals surface area contributed by atoms with Gasteiger partial charge in [-0.25, -0.2) is 4.79 Å². The van der Waals surface area contributed by atoms with Gasteiger partial charge in [0.05, 0.1) is 11.6 Å². The van der Waals surface area contributed by atoms with Crippen LogP contribution in [0.25, 0.3) is 0 Å². The van der Waals surface area contributed by atoms with Crippen LogP contribution in [0.15, 0.2) is 42.7 Å². The minimum absolute atomic E-state index is 0.149. The van der Waals surface area contributed by atoms with Gasteiger partial charge in [-0.15, -0.1) is 0 Å². The van der Waals surface area contributed by atoms with E-state index in [0.29, 0.717) is 17.0 Å². The van der Waals surface area contributed by atoms with Crippen molar-refractivity contribution in [3.05, 3.63) is 64.4 Å². The molecule has 1 atom stereocenters. The molecule has 1 aliphatic heterocycles. The van der Waals surface area contributed by atoms with E-state index >= 15 is 0 Å². The summed E-state index contributed by atoms with van der Waals surface area (Å²) in [6.07, 6.45) is 4.49. The van der Waals surface area contributed by atoms with Crippen molar-refractivity contribution in [2.45, 2.75) is 24.9 Å². The van der Waals surface area contributed by atoms with E-state index in [0.717, 1.165) is 17.5 Å². The van der Waals surface area contributed by atoms with Crippen LogP contribution in [0.3, 0.4) is 0 Å². The summed E-state index contributed by atoms with van der Waals surface area (Å²) in [4.78, 5) is 30.6. The maximum Gasteiger partial charge on any atom is 0.325 e. The lowest BCUT2D eigenvalue weighted by Gasteiger charge is -2.22. The van der Waals surface area contributed by atoms with Crippen LogP contribution in [0.4, 0.5) is 4.79 Å². The van der Waals surface area contributed by atoms with Crippen molar-refractivity contribution < 1.29 is 9.59 Å². The predicted octanol–water partition coefficient (Wildman–Crippen LogP) is 2.63. The van der Waals surface area contributed by atoms with Crippen LogP contribution in [-0.4, -0.2) is 21.8 Å². The van der Waals surface area contributed by atoms with Crippen LogP contribution >= 0.6 is 11.6 Å². The number of carbonyl (C=O) groups is 2. The molecule has 1 aromatic carbocycles. The summed E-state index contributed by atoms with van der Waals surface area (Å²) in [7, 11) is 0. The zero-order valence-corrected chi connectivity index (χ0v) is 13.0. The maximum atomic E-state index is 13.0. The minimum Gasteiger partial charge on any atom is -0.319 e. The van der Waals surface area contributed by atoms with Gasteiger partial charge in [0.1, 0.15) is 5.54 Å². The lowest BCUT2D eigenvalue weighted by molar-refractivity contribution is -0.132. The zero-order chi connectivity index (χ0) is 16.0. The van der Waals surface area contributed by atoms with Crippen LogP contribution in [0.2, 0.25) is 5.02 Å². The maximum absolute atomic E-state index is 13.0. The first-order chi connectivity index (χ1) is 11.1. The number of nitrogens with zero attached hydrogens (tertiary/aromatic N) is 2. The number of imide groups is 1. The average Bonchev–Trinajstić information content (AvgIpc) is 3.04. The molecule has 2 aliphatic rings. The Labute approximate surface area is 138 Å². The number of aromatic nitrogens is 1. The summed E-state index contributed by atoms with van der Waals surface area (Å²) in [5.74, 6) is -0.208. The van der Waals surface area contributed by atoms with Gasteiger partial charge in [-0.05, 0) is 35.6 Å². The topological polar surface area (TPSA) is 62.3 Å². The van der Waals surface area contributed by atoms with Gasteiger partial charge < -0.3 is 5.32 Å². The molecule has 6 heteroatoms. The quantitative estimate of drug-likeness (QED) is 0.862. The first-order valence-electron chi connectivity index (χ1n) is 7.43. The third-order valence-electron chi connectivity index (χ3n) is 4.61.